The molecule has 0 aromatic carbocycles. The van der Waals surface area contributed by atoms with Gasteiger partial charge in [-0.2, -0.15) is 10.2 Å². The molecule has 100 valence electrons. The van der Waals surface area contributed by atoms with Crippen molar-refractivity contribution in [3.8, 4) is 0 Å². The Morgan fingerprint density at radius 1 is 0.706 bits per heavy atom. The monoisotopic (exact) mass is 256 g/mol. The van der Waals surface area contributed by atoms with Gasteiger partial charge in [0.25, 0.3) is 0 Å². The summed E-state index contributed by atoms with van der Waals surface area (Å²) in [4.78, 5) is 0. The Labute approximate surface area is 111 Å². The van der Waals surface area contributed by atoms with E-state index in [1.807, 2.05) is 11.8 Å². The molecule has 1 heterocycles. The van der Waals surface area contributed by atoms with Crippen LogP contribution in [-0.4, -0.2) is 10.7 Å². The first-order valence-corrected chi connectivity index (χ1v) is 8.36. The predicted molar refractivity (Wildman–Crippen MR) is 77.5 cm³/mol. The van der Waals surface area contributed by atoms with Gasteiger partial charge in [-0.1, -0.05) is 65.2 Å². The van der Waals surface area contributed by atoms with Crippen molar-refractivity contribution in [2.24, 2.45) is 10.2 Å². The molecule has 3 heteroatoms. The zero-order valence-electron chi connectivity index (χ0n) is 11.5. The number of nitrogens with zero attached hydrogens (tertiary/aromatic N) is 2. The molecule has 2 nitrogen and oxygen atoms in total. The lowest BCUT2D eigenvalue weighted by Crippen LogP contribution is -1.99. The van der Waals surface area contributed by atoms with E-state index in [-0.39, 0.29) is 0 Å². The zero-order chi connectivity index (χ0) is 12.3. The first-order valence-electron chi connectivity index (χ1n) is 7.42. The summed E-state index contributed by atoms with van der Waals surface area (Å²) >= 11 is 1.99. The number of thioether (sulfide) groups is 1. The largest absolute Gasteiger partial charge is 0.179 e. The van der Waals surface area contributed by atoms with Crippen molar-refractivity contribution in [1.29, 1.82) is 0 Å². The van der Waals surface area contributed by atoms with Crippen molar-refractivity contribution in [2.75, 3.05) is 0 Å². The summed E-state index contributed by atoms with van der Waals surface area (Å²) in [5.74, 6) is 0. The number of hydrogen-bond donors (Lipinski definition) is 0. The molecule has 0 spiro atoms. The Bertz CT molecular complexity index is 186. The standard InChI is InChI=1S/C14H28N2S/c1-3-5-7-9-11-13-15-16-14(17-13)12-10-8-6-4-2/h13-14H,3-12H2,1-2H3/t13-,14+. The molecule has 1 aliphatic rings. The first-order chi connectivity index (χ1) is 8.36. The molecule has 0 amide bonds. The van der Waals surface area contributed by atoms with E-state index in [1.165, 1.54) is 64.2 Å². The maximum absolute atomic E-state index is 4.40. The molecule has 0 bridgehead atoms. The fourth-order valence-corrected chi connectivity index (χ4v) is 3.31. The first kappa shape index (κ1) is 15.0. The van der Waals surface area contributed by atoms with Gasteiger partial charge in [0.1, 0.15) is 10.7 Å². The smallest absolute Gasteiger partial charge is 0.118 e. The maximum Gasteiger partial charge on any atom is 0.118 e. The number of azo groups is 1. The third-order valence-electron chi connectivity index (χ3n) is 3.25. The summed E-state index contributed by atoms with van der Waals surface area (Å²) in [5, 5.41) is 9.75. The molecule has 1 aliphatic heterocycles. The van der Waals surface area contributed by atoms with Gasteiger partial charge in [0.2, 0.25) is 0 Å². The quantitative estimate of drug-likeness (QED) is 0.455. The van der Waals surface area contributed by atoms with E-state index in [1.54, 1.807) is 0 Å². The van der Waals surface area contributed by atoms with Gasteiger partial charge in [-0.05, 0) is 12.8 Å². The van der Waals surface area contributed by atoms with Crippen LogP contribution in [0.4, 0.5) is 0 Å². The average molecular weight is 256 g/mol. The van der Waals surface area contributed by atoms with Gasteiger partial charge >= 0.3 is 0 Å². The van der Waals surface area contributed by atoms with Crippen LogP contribution in [0.3, 0.4) is 0 Å². The normalized spacial score (nSPS) is 23.4. The molecular weight excluding hydrogens is 228 g/mol. The Kier molecular flexibility index (Phi) is 8.76. The molecule has 0 saturated carbocycles. The molecule has 0 aliphatic carbocycles. The van der Waals surface area contributed by atoms with E-state index in [9.17, 15) is 0 Å². The van der Waals surface area contributed by atoms with E-state index in [0.717, 1.165) is 0 Å². The molecule has 0 aromatic rings. The van der Waals surface area contributed by atoms with Gasteiger partial charge in [-0.15, -0.1) is 11.8 Å². The van der Waals surface area contributed by atoms with Crippen LogP contribution in [0.1, 0.15) is 78.1 Å². The highest BCUT2D eigenvalue weighted by atomic mass is 32.2. The average Bonchev–Trinajstić information content (AvgIpc) is 2.78. The molecular formula is C14H28N2S. The van der Waals surface area contributed by atoms with E-state index < -0.39 is 0 Å². The SMILES string of the molecule is CCCCCC[C@@H]1N=N[C@H](CCCCCC)S1. The van der Waals surface area contributed by atoms with Gasteiger partial charge in [-0.25, -0.2) is 0 Å². The van der Waals surface area contributed by atoms with E-state index >= 15 is 0 Å². The summed E-state index contributed by atoms with van der Waals surface area (Å²) < 4.78 is 0. The second-order valence-corrected chi connectivity index (χ2v) is 6.34. The number of rotatable bonds is 10. The zero-order valence-corrected chi connectivity index (χ0v) is 12.3. The Morgan fingerprint density at radius 3 is 1.59 bits per heavy atom. The molecule has 0 aromatic heterocycles. The van der Waals surface area contributed by atoms with Crippen LogP contribution in [0.15, 0.2) is 10.2 Å². The third kappa shape index (κ3) is 7.07. The van der Waals surface area contributed by atoms with E-state index in [0.29, 0.717) is 10.7 Å². The topological polar surface area (TPSA) is 24.7 Å². The van der Waals surface area contributed by atoms with Crippen LogP contribution >= 0.6 is 11.8 Å². The summed E-state index contributed by atoms with van der Waals surface area (Å²) in [5.41, 5.74) is 0. The Hall–Kier alpha value is -0.0500. The summed E-state index contributed by atoms with van der Waals surface area (Å²) in [6.07, 6.45) is 13.2. The van der Waals surface area contributed by atoms with Crippen molar-refractivity contribution >= 4 is 11.8 Å². The molecule has 0 N–H and O–H groups in total. The minimum Gasteiger partial charge on any atom is -0.179 e. The number of hydrogen-bond acceptors (Lipinski definition) is 3. The highest BCUT2D eigenvalue weighted by Gasteiger charge is 2.21. The van der Waals surface area contributed by atoms with Gasteiger partial charge < -0.3 is 0 Å². The van der Waals surface area contributed by atoms with Crippen LogP contribution < -0.4 is 0 Å². The molecule has 0 fully saturated rings. The van der Waals surface area contributed by atoms with Crippen LogP contribution in [0.2, 0.25) is 0 Å². The van der Waals surface area contributed by atoms with Gasteiger partial charge in [0, 0.05) is 0 Å². The van der Waals surface area contributed by atoms with Gasteiger partial charge in [-0.3, -0.25) is 0 Å². The second kappa shape index (κ2) is 9.93. The van der Waals surface area contributed by atoms with Crippen LogP contribution in [0.5, 0.6) is 0 Å². The van der Waals surface area contributed by atoms with Crippen molar-refractivity contribution in [1.82, 2.24) is 0 Å². The van der Waals surface area contributed by atoms with Crippen molar-refractivity contribution in [2.45, 2.75) is 88.8 Å². The molecule has 0 radical (unpaired) electrons. The molecule has 0 unspecified atom stereocenters. The van der Waals surface area contributed by atoms with E-state index in [4.69, 9.17) is 0 Å². The highest BCUT2D eigenvalue weighted by molar-refractivity contribution is 8.00. The van der Waals surface area contributed by atoms with E-state index in [2.05, 4.69) is 24.1 Å². The molecule has 2 atom stereocenters. The summed E-state index contributed by atoms with van der Waals surface area (Å²) in [6.45, 7) is 4.52. The summed E-state index contributed by atoms with van der Waals surface area (Å²) in [6, 6.07) is 0. The van der Waals surface area contributed by atoms with Gasteiger partial charge in [0.15, 0.2) is 0 Å². The minimum atomic E-state index is 0.475. The highest BCUT2D eigenvalue weighted by Crippen LogP contribution is 2.34. The lowest BCUT2D eigenvalue weighted by molar-refractivity contribution is 0.609. The van der Waals surface area contributed by atoms with Crippen molar-refractivity contribution in [3.05, 3.63) is 0 Å². The van der Waals surface area contributed by atoms with Crippen molar-refractivity contribution in [3.63, 3.8) is 0 Å². The maximum atomic E-state index is 4.40. The molecule has 0 saturated heterocycles. The molecule has 1 rings (SSSR count). The second-order valence-electron chi connectivity index (χ2n) is 4.97. The van der Waals surface area contributed by atoms with Gasteiger partial charge in [0.05, 0.1) is 0 Å². The van der Waals surface area contributed by atoms with Crippen molar-refractivity contribution < 1.29 is 0 Å². The Balaban J connectivity index is 1.97. The minimum absolute atomic E-state index is 0.475. The summed E-state index contributed by atoms with van der Waals surface area (Å²) in [7, 11) is 0. The lowest BCUT2D eigenvalue weighted by Gasteiger charge is -2.07. The number of unbranched alkanes of at least 4 members (excludes halogenated alkanes) is 6. The molecule has 17 heavy (non-hydrogen) atoms. The van der Waals surface area contributed by atoms with Crippen LogP contribution in [0.25, 0.3) is 0 Å². The van der Waals surface area contributed by atoms with Crippen LogP contribution in [-0.2, 0) is 0 Å². The Morgan fingerprint density at radius 2 is 1.18 bits per heavy atom. The lowest BCUT2D eigenvalue weighted by atomic mass is 10.1. The third-order valence-corrected chi connectivity index (χ3v) is 4.54. The fraction of sp³-hybridized carbons (Fsp3) is 1.00. The predicted octanol–water partition coefficient (Wildman–Crippen LogP) is 5.78. The van der Waals surface area contributed by atoms with Crippen LogP contribution in [0, 0.1) is 0 Å². The fourth-order valence-electron chi connectivity index (χ4n) is 2.13.